The van der Waals surface area contributed by atoms with E-state index < -0.39 is 0 Å². The zero-order valence-corrected chi connectivity index (χ0v) is 15.8. The van der Waals surface area contributed by atoms with Crippen LogP contribution in [0.2, 0.25) is 5.02 Å². The van der Waals surface area contributed by atoms with Gasteiger partial charge < -0.3 is 14.6 Å². The van der Waals surface area contributed by atoms with Crippen LogP contribution in [0.4, 0.5) is 0 Å². The van der Waals surface area contributed by atoms with Gasteiger partial charge >= 0.3 is 0 Å². The number of benzene rings is 1. The first-order valence-corrected chi connectivity index (χ1v) is 8.36. The van der Waals surface area contributed by atoms with E-state index in [1.807, 2.05) is 39.0 Å². The van der Waals surface area contributed by atoms with Crippen molar-refractivity contribution in [3.8, 4) is 11.4 Å². The highest BCUT2D eigenvalue weighted by atomic mass is 35.5. The van der Waals surface area contributed by atoms with E-state index in [0.717, 1.165) is 34.9 Å². The molecular formula is C17H21ClN4OS. The van der Waals surface area contributed by atoms with E-state index in [9.17, 15) is 0 Å². The number of hydrogen-bond donors (Lipinski definition) is 2. The smallest absolute Gasteiger partial charge is 0.186 e. The number of hydrogen-bond acceptors (Lipinski definition) is 3. The molecular weight excluding hydrogens is 344 g/mol. The normalized spacial score (nSPS) is 10.9. The summed E-state index contributed by atoms with van der Waals surface area (Å²) >= 11 is 11.2. The standard InChI is InChI=1S/C17H21ClN4OS/c1-5-19-17(24)21-20-10-13-8-11(2)22(12(13)3)15-9-14(18)6-7-16(15)23-4/h6-10H,5H2,1-4H3,(H2,19,21,24)/b20-10-. The molecule has 1 aromatic heterocycles. The van der Waals surface area contributed by atoms with Crippen LogP contribution >= 0.6 is 23.8 Å². The first kappa shape index (κ1) is 18.3. The van der Waals surface area contributed by atoms with E-state index in [1.54, 1.807) is 13.3 Å². The summed E-state index contributed by atoms with van der Waals surface area (Å²) in [5, 5.41) is 8.32. The molecule has 0 radical (unpaired) electrons. The number of methoxy groups -OCH3 is 1. The molecule has 0 atom stereocenters. The van der Waals surface area contributed by atoms with Crippen molar-refractivity contribution < 1.29 is 4.74 Å². The largest absolute Gasteiger partial charge is 0.495 e. The molecule has 0 aliphatic rings. The highest BCUT2D eigenvalue weighted by molar-refractivity contribution is 7.80. The number of hydrazone groups is 1. The maximum Gasteiger partial charge on any atom is 0.186 e. The fraction of sp³-hybridized carbons (Fsp3) is 0.294. The van der Waals surface area contributed by atoms with Crippen LogP contribution in [0, 0.1) is 13.8 Å². The number of aromatic nitrogens is 1. The molecule has 7 heteroatoms. The van der Waals surface area contributed by atoms with Gasteiger partial charge in [-0.05, 0) is 57.3 Å². The zero-order valence-electron chi connectivity index (χ0n) is 14.2. The third kappa shape index (κ3) is 4.07. The number of aryl methyl sites for hydroxylation is 1. The van der Waals surface area contributed by atoms with Crippen LogP contribution in [-0.4, -0.2) is 29.5 Å². The highest BCUT2D eigenvalue weighted by Crippen LogP contribution is 2.30. The lowest BCUT2D eigenvalue weighted by molar-refractivity contribution is 0.412. The third-order valence-electron chi connectivity index (χ3n) is 3.56. The highest BCUT2D eigenvalue weighted by Gasteiger charge is 2.13. The summed E-state index contributed by atoms with van der Waals surface area (Å²) in [7, 11) is 1.65. The number of thiocarbonyl (C=S) groups is 1. The van der Waals surface area contributed by atoms with Crippen LogP contribution in [0.25, 0.3) is 5.69 Å². The summed E-state index contributed by atoms with van der Waals surface area (Å²) in [5.74, 6) is 0.760. The van der Waals surface area contributed by atoms with Crippen LogP contribution in [-0.2, 0) is 0 Å². The summed E-state index contributed by atoms with van der Waals surface area (Å²) in [6.07, 6.45) is 1.75. The Bertz CT molecular complexity index is 770. The predicted octanol–water partition coefficient (Wildman–Crippen LogP) is 3.57. The summed E-state index contributed by atoms with van der Waals surface area (Å²) in [6.45, 7) is 6.78. The average Bonchev–Trinajstić information content (AvgIpc) is 2.81. The number of halogens is 1. The van der Waals surface area contributed by atoms with Gasteiger partial charge in [0.15, 0.2) is 5.11 Å². The van der Waals surface area contributed by atoms with Crippen molar-refractivity contribution in [2.45, 2.75) is 20.8 Å². The van der Waals surface area contributed by atoms with Crippen molar-refractivity contribution in [2.24, 2.45) is 5.10 Å². The Kier molecular flexibility index (Phi) is 6.23. The molecule has 0 aliphatic heterocycles. The predicted molar refractivity (Wildman–Crippen MR) is 104 cm³/mol. The minimum absolute atomic E-state index is 0.499. The Balaban J connectivity index is 2.35. The molecule has 0 unspecified atom stereocenters. The van der Waals surface area contributed by atoms with Gasteiger partial charge in [0.05, 0.1) is 19.0 Å². The maximum absolute atomic E-state index is 6.16. The first-order valence-electron chi connectivity index (χ1n) is 7.57. The fourth-order valence-corrected chi connectivity index (χ4v) is 2.85. The third-order valence-corrected chi connectivity index (χ3v) is 4.03. The minimum Gasteiger partial charge on any atom is -0.495 e. The molecule has 0 fully saturated rings. The molecule has 0 bridgehead atoms. The topological polar surface area (TPSA) is 50.6 Å². The van der Waals surface area contributed by atoms with Gasteiger partial charge in [0.1, 0.15) is 5.75 Å². The van der Waals surface area contributed by atoms with E-state index in [2.05, 4.69) is 26.5 Å². The molecule has 2 aromatic rings. The van der Waals surface area contributed by atoms with Crippen LogP contribution in [0.3, 0.4) is 0 Å². The summed E-state index contributed by atoms with van der Waals surface area (Å²) in [6, 6.07) is 7.61. The van der Waals surface area contributed by atoms with Gasteiger partial charge in [0.2, 0.25) is 0 Å². The molecule has 5 nitrogen and oxygen atoms in total. The maximum atomic E-state index is 6.16. The van der Waals surface area contributed by atoms with Crippen molar-refractivity contribution in [2.75, 3.05) is 13.7 Å². The number of ether oxygens (including phenoxy) is 1. The molecule has 2 rings (SSSR count). The Morgan fingerprint density at radius 2 is 2.12 bits per heavy atom. The SMILES string of the molecule is CCNC(=S)N/N=C\c1cc(C)n(-c2cc(Cl)ccc2OC)c1C. The van der Waals surface area contributed by atoms with Crippen molar-refractivity contribution in [1.82, 2.24) is 15.3 Å². The Morgan fingerprint density at radius 1 is 1.38 bits per heavy atom. The van der Waals surface area contributed by atoms with Crippen molar-refractivity contribution in [3.63, 3.8) is 0 Å². The van der Waals surface area contributed by atoms with E-state index in [1.165, 1.54) is 0 Å². The van der Waals surface area contributed by atoms with Crippen molar-refractivity contribution >= 4 is 35.1 Å². The Labute approximate surface area is 152 Å². The lowest BCUT2D eigenvalue weighted by Gasteiger charge is -2.14. The minimum atomic E-state index is 0.499. The molecule has 0 aliphatic carbocycles. The summed E-state index contributed by atoms with van der Waals surface area (Å²) in [4.78, 5) is 0. The second-order valence-electron chi connectivity index (χ2n) is 5.21. The number of rotatable bonds is 5. The van der Waals surface area contributed by atoms with Gasteiger partial charge in [0.25, 0.3) is 0 Å². The second kappa shape index (κ2) is 8.17. The molecule has 0 saturated carbocycles. The van der Waals surface area contributed by atoms with Crippen molar-refractivity contribution in [1.29, 1.82) is 0 Å². The van der Waals surface area contributed by atoms with E-state index >= 15 is 0 Å². The fourth-order valence-electron chi connectivity index (χ4n) is 2.49. The molecule has 1 heterocycles. The van der Waals surface area contributed by atoms with E-state index in [4.69, 9.17) is 28.6 Å². The van der Waals surface area contributed by atoms with Crippen LogP contribution in [0.15, 0.2) is 29.4 Å². The lowest BCUT2D eigenvalue weighted by atomic mass is 10.2. The van der Waals surface area contributed by atoms with E-state index in [-0.39, 0.29) is 0 Å². The quantitative estimate of drug-likeness (QED) is 0.483. The van der Waals surface area contributed by atoms with Crippen molar-refractivity contribution in [3.05, 3.63) is 46.2 Å². The molecule has 1 aromatic carbocycles. The number of nitrogens with zero attached hydrogens (tertiary/aromatic N) is 2. The van der Waals surface area contributed by atoms with Crippen LogP contribution in [0.1, 0.15) is 23.9 Å². The summed E-state index contributed by atoms with van der Waals surface area (Å²) in [5.41, 5.74) is 6.77. The molecule has 2 N–H and O–H groups in total. The molecule has 0 amide bonds. The molecule has 0 saturated heterocycles. The number of nitrogens with one attached hydrogen (secondary N) is 2. The van der Waals surface area contributed by atoms with E-state index in [0.29, 0.717) is 10.1 Å². The van der Waals surface area contributed by atoms with Gasteiger partial charge in [0, 0.05) is 28.5 Å². The molecule has 24 heavy (non-hydrogen) atoms. The van der Waals surface area contributed by atoms with Gasteiger partial charge in [-0.25, -0.2) is 0 Å². The second-order valence-corrected chi connectivity index (χ2v) is 6.05. The molecule has 128 valence electrons. The van der Waals surface area contributed by atoms with Gasteiger partial charge in [-0.15, -0.1) is 0 Å². The lowest BCUT2D eigenvalue weighted by Crippen LogP contribution is -2.31. The zero-order chi connectivity index (χ0) is 17.7. The van der Waals surface area contributed by atoms with Gasteiger partial charge in [-0.2, -0.15) is 5.10 Å². The molecule has 0 spiro atoms. The van der Waals surface area contributed by atoms with Gasteiger partial charge in [-0.1, -0.05) is 11.6 Å². The first-order chi connectivity index (χ1) is 11.5. The van der Waals surface area contributed by atoms with Crippen LogP contribution < -0.4 is 15.5 Å². The average molecular weight is 365 g/mol. The summed E-state index contributed by atoms with van der Waals surface area (Å²) < 4.78 is 7.55. The van der Waals surface area contributed by atoms with Gasteiger partial charge in [-0.3, -0.25) is 5.43 Å². The Hall–Kier alpha value is -2.05. The Morgan fingerprint density at radius 3 is 2.79 bits per heavy atom. The van der Waals surface area contributed by atoms with Crippen LogP contribution in [0.5, 0.6) is 5.75 Å². The monoisotopic (exact) mass is 364 g/mol.